The number of hydrogen-bond acceptors (Lipinski definition) is 6. The van der Waals surface area contributed by atoms with Gasteiger partial charge in [-0.25, -0.2) is 4.68 Å². The molecule has 112 valence electrons. The first-order valence-corrected chi connectivity index (χ1v) is 7.85. The van der Waals surface area contributed by atoms with Crippen molar-refractivity contribution in [2.24, 2.45) is 5.73 Å². The number of carbonyl (C=O) groups is 1. The molecule has 7 nitrogen and oxygen atoms in total. The Morgan fingerprint density at radius 2 is 2.55 bits per heavy atom. The molecule has 1 aromatic rings. The van der Waals surface area contributed by atoms with Crippen molar-refractivity contribution in [2.75, 3.05) is 31.8 Å². The molecular formula is C12H21N5O2S. The molecule has 1 atom stereocenters. The number of ether oxygens (including phenoxy) is 1. The van der Waals surface area contributed by atoms with Crippen LogP contribution < -0.4 is 5.73 Å². The number of amides is 1. The Kier molecular flexibility index (Phi) is 5.81. The van der Waals surface area contributed by atoms with E-state index in [0.717, 1.165) is 17.9 Å². The van der Waals surface area contributed by atoms with E-state index in [9.17, 15) is 4.79 Å². The van der Waals surface area contributed by atoms with Crippen LogP contribution in [-0.4, -0.2) is 63.6 Å². The number of rotatable bonds is 7. The molecule has 0 spiro atoms. The summed E-state index contributed by atoms with van der Waals surface area (Å²) >= 11 is 1.89. The summed E-state index contributed by atoms with van der Waals surface area (Å²) in [6, 6.07) is 0.306. The van der Waals surface area contributed by atoms with E-state index in [4.69, 9.17) is 10.5 Å². The van der Waals surface area contributed by atoms with Crippen molar-refractivity contribution in [1.29, 1.82) is 0 Å². The molecule has 0 aromatic carbocycles. The number of methoxy groups -OCH3 is 1. The predicted molar refractivity (Wildman–Crippen MR) is 77.2 cm³/mol. The highest BCUT2D eigenvalue weighted by Gasteiger charge is 2.27. The van der Waals surface area contributed by atoms with Gasteiger partial charge in [-0.2, -0.15) is 11.8 Å². The number of thioether (sulfide) groups is 1. The van der Waals surface area contributed by atoms with Crippen LogP contribution in [0.4, 0.5) is 0 Å². The molecule has 1 saturated heterocycles. The predicted octanol–water partition coefficient (Wildman–Crippen LogP) is -0.283. The summed E-state index contributed by atoms with van der Waals surface area (Å²) in [5.41, 5.74) is 6.18. The molecule has 8 heteroatoms. The zero-order valence-corrected chi connectivity index (χ0v) is 12.5. The van der Waals surface area contributed by atoms with E-state index in [2.05, 4.69) is 10.3 Å². The van der Waals surface area contributed by atoms with Crippen molar-refractivity contribution in [3.63, 3.8) is 0 Å². The largest absolute Gasteiger partial charge is 0.383 e. The van der Waals surface area contributed by atoms with Crippen LogP contribution in [-0.2, 0) is 22.6 Å². The third-order valence-corrected chi connectivity index (χ3v) is 4.44. The Bertz CT molecular complexity index is 433. The Morgan fingerprint density at radius 3 is 3.15 bits per heavy atom. The van der Waals surface area contributed by atoms with Gasteiger partial charge in [0.15, 0.2) is 0 Å². The van der Waals surface area contributed by atoms with E-state index in [1.807, 2.05) is 16.7 Å². The standard InChI is InChI=1S/C12H21N5O2S/c1-19-4-3-17(11-2-5-20-9-11)12(18)8-16-7-10(6-13)14-15-16/h7,11H,2-6,8-9,13H2,1H3. The highest BCUT2D eigenvalue weighted by atomic mass is 32.2. The van der Waals surface area contributed by atoms with Crippen molar-refractivity contribution >= 4 is 17.7 Å². The summed E-state index contributed by atoms with van der Waals surface area (Å²) < 4.78 is 6.65. The van der Waals surface area contributed by atoms with Crippen LogP contribution in [0.2, 0.25) is 0 Å². The summed E-state index contributed by atoms with van der Waals surface area (Å²) in [6.07, 6.45) is 2.77. The summed E-state index contributed by atoms with van der Waals surface area (Å²) in [6.45, 7) is 1.72. The Hall–Kier alpha value is -1.12. The van der Waals surface area contributed by atoms with Gasteiger partial charge in [-0.15, -0.1) is 5.10 Å². The third kappa shape index (κ3) is 3.94. The average molecular weight is 299 g/mol. The monoisotopic (exact) mass is 299 g/mol. The maximum atomic E-state index is 12.4. The summed E-state index contributed by atoms with van der Waals surface area (Å²) in [4.78, 5) is 14.4. The highest BCUT2D eigenvalue weighted by Crippen LogP contribution is 2.22. The van der Waals surface area contributed by atoms with Crippen LogP contribution in [0.25, 0.3) is 0 Å². The van der Waals surface area contributed by atoms with Crippen molar-refractivity contribution in [2.45, 2.75) is 25.6 Å². The lowest BCUT2D eigenvalue weighted by Crippen LogP contribution is -2.44. The third-order valence-electron chi connectivity index (χ3n) is 3.30. The average Bonchev–Trinajstić information content (AvgIpc) is 3.10. The van der Waals surface area contributed by atoms with E-state index >= 15 is 0 Å². The Balaban J connectivity index is 1.97. The second kappa shape index (κ2) is 7.61. The Morgan fingerprint density at radius 1 is 1.70 bits per heavy atom. The maximum absolute atomic E-state index is 12.4. The number of hydrogen-bond donors (Lipinski definition) is 1. The van der Waals surface area contributed by atoms with Gasteiger partial charge in [0.1, 0.15) is 6.54 Å². The smallest absolute Gasteiger partial charge is 0.244 e. The van der Waals surface area contributed by atoms with Gasteiger partial charge in [0.25, 0.3) is 0 Å². The molecule has 1 fully saturated rings. The minimum atomic E-state index is 0.0584. The molecule has 0 saturated carbocycles. The molecule has 2 heterocycles. The number of nitrogens with two attached hydrogens (primary N) is 1. The first kappa shape index (κ1) is 15.3. The highest BCUT2D eigenvalue weighted by molar-refractivity contribution is 7.99. The van der Waals surface area contributed by atoms with Gasteiger partial charge in [0, 0.05) is 32.0 Å². The number of carbonyl (C=O) groups excluding carboxylic acids is 1. The second-order valence-corrected chi connectivity index (χ2v) is 5.86. The molecule has 2 rings (SSSR count). The van der Waals surface area contributed by atoms with Gasteiger partial charge in [-0.3, -0.25) is 4.79 Å². The van der Waals surface area contributed by atoms with E-state index in [1.165, 1.54) is 0 Å². The van der Waals surface area contributed by atoms with E-state index in [0.29, 0.717) is 31.4 Å². The van der Waals surface area contributed by atoms with Crippen LogP contribution in [0.5, 0.6) is 0 Å². The number of nitrogens with zero attached hydrogens (tertiary/aromatic N) is 4. The summed E-state index contributed by atoms with van der Waals surface area (Å²) in [7, 11) is 1.65. The van der Waals surface area contributed by atoms with Crippen LogP contribution >= 0.6 is 11.8 Å². The van der Waals surface area contributed by atoms with Crippen molar-refractivity contribution in [1.82, 2.24) is 19.9 Å². The topological polar surface area (TPSA) is 86.3 Å². The first-order chi connectivity index (χ1) is 9.74. The SMILES string of the molecule is COCCN(C(=O)Cn1cc(CN)nn1)C1CCSC1. The lowest BCUT2D eigenvalue weighted by molar-refractivity contribution is -0.134. The van der Waals surface area contributed by atoms with E-state index in [1.54, 1.807) is 18.0 Å². The van der Waals surface area contributed by atoms with Crippen LogP contribution in [0.1, 0.15) is 12.1 Å². The van der Waals surface area contributed by atoms with Gasteiger partial charge < -0.3 is 15.4 Å². The molecule has 0 bridgehead atoms. The molecule has 1 amide bonds. The van der Waals surface area contributed by atoms with Gasteiger partial charge in [0.05, 0.1) is 18.5 Å². The lowest BCUT2D eigenvalue weighted by Gasteiger charge is -2.28. The van der Waals surface area contributed by atoms with Crippen molar-refractivity contribution in [3.05, 3.63) is 11.9 Å². The molecule has 1 aliphatic heterocycles. The molecule has 20 heavy (non-hydrogen) atoms. The van der Waals surface area contributed by atoms with Gasteiger partial charge >= 0.3 is 0 Å². The fourth-order valence-corrected chi connectivity index (χ4v) is 3.43. The second-order valence-electron chi connectivity index (χ2n) is 4.71. The van der Waals surface area contributed by atoms with Gasteiger partial charge in [0.2, 0.25) is 5.91 Å². The molecular weight excluding hydrogens is 278 g/mol. The van der Waals surface area contributed by atoms with Gasteiger partial charge in [-0.1, -0.05) is 5.21 Å². The maximum Gasteiger partial charge on any atom is 0.244 e. The van der Waals surface area contributed by atoms with Crippen molar-refractivity contribution < 1.29 is 9.53 Å². The minimum absolute atomic E-state index is 0.0584. The normalized spacial score (nSPS) is 18.4. The summed E-state index contributed by atoms with van der Waals surface area (Å²) in [5.74, 6) is 2.17. The molecule has 1 aliphatic rings. The molecule has 1 unspecified atom stereocenters. The molecule has 2 N–H and O–H groups in total. The van der Waals surface area contributed by atoms with Crippen LogP contribution in [0, 0.1) is 0 Å². The van der Waals surface area contributed by atoms with Crippen LogP contribution in [0.3, 0.4) is 0 Å². The minimum Gasteiger partial charge on any atom is -0.383 e. The Labute approximate surface area is 122 Å². The fraction of sp³-hybridized carbons (Fsp3) is 0.750. The fourth-order valence-electron chi connectivity index (χ4n) is 2.21. The van der Waals surface area contributed by atoms with Crippen LogP contribution in [0.15, 0.2) is 6.20 Å². The van der Waals surface area contributed by atoms with E-state index in [-0.39, 0.29) is 12.5 Å². The first-order valence-electron chi connectivity index (χ1n) is 6.69. The van der Waals surface area contributed by atoms with E-state index < -0.39 is 0 Å². The molecule has 0 aliphatic carbocycles. The van der Waals surface area contributed by atoms with Gasteiger partial charge in [-0.05, 0) is 12.2 Å². The zero-order valence-electron chi connectivity index (χ0n) is 11.7. The molecule has 1 aromatic heterocycles. The summed E-state index contributed by atoms with van der Waals surface area (Å²) in [5, 5.41) is 7.81. The lowest BCUT2D eigenvalue weighted by atomic mass is 10.2. The quantitative estimate of drug-likeness (QED) is 0.745. The van der Waals surface area contributed by atoms with Crippen molar-refractivity contribution in [3.8, 4) is 0 Å². The number of aromatic nitrogens is 3. The zero-order chi connectivity index (χ0) is 14.4. The molecule has 0 radical (unpaired) electrons.